The largest absolute Gasteiger partial charge is 0.472 e. The van der Waals surface area contributed by atoms with Gasteiger partial charge in [0.2, 0.25) is 10.0 Å². The molecular weight excluding hydrogens is 420 g/mol. The second-order valence-corrected chi connectivity index (χ2v) is 10.1. The maximum absolute atomic E-state index is 12.9. The van der Waals surface area contributed by atoms with Gasteiger partial charge in [-0.3, -0.25) is 9.59 Å². The average Bonchev–Trinajstić information content (AvgIpc) is 3.45. The molecule has 2 amide bonds. The van der Waals surface area contributed by atoms with Gasteiger partial charge in [0.25, 0.3) is 11.8 Å². The highest BCUT2D eigenvalue weighted by Crippen LogP contribution is 2.23. The first-order chi connectivity index (χ1) is 14.9. The normalized spacial score (nSPS) is 18.8. The van der Waals surface area contributed by atoms with E-state index in [-0.39, 0.29) is 22.8 Å². The van der Waals surface area contributed by atoms with Crippen molar-refractivity contribution in [2.75, 3.05) is 26.2 Å². The van der Waals surface area contributed by atoms with Crippen molar-refractivity contribution in [2.24, 2.45) is 7.05 Å². The Kier molecular flexibility index (Phi) is 6.19. The summed E-state index contributed by atoms with van der Waals surface area (Å²) in [7, 11) is -1.91. The van der Waals surface area contributed by atoms with Crippen molar-refractivity contribution >= 4 is 21.8 Å². The third kappa shape index (κ3) is 4.54. The van der Waals surface area contributed by atoms with Gasteiger partial charge < -0.3 is 19.2 Å². The minimum atomic E-state index is -3.59. The van der Waals surface area contributed by atoms with E-state index in [2.05, 4.69) is 5.32 Å². The molecule has 2 aliphatic rings. The fraction of sp³-hybridized carbons (Fsp3) is 0.524. The number of aryl methyl sites for hydroxylation is 1. The van der Waals surface area contributed by atoms with E-state index in [1.54, 1.807) is 22.6 Å². The fourth-order valence-electron chi connectivity index (χ4n) is 4.21. The first kappa shape index (κ1) is 21.6. The highest BCUT2D eigenvalue weighted by Gasteiger charge is 2.30. The van der Waals surface area contributed by atoms with E-state index in [1.165, 1.54) is 29.1 Å². The van der Waals surface area contributed by atoms with Crippen LogP contribution in [0, 0.1) is 0 Å². The molecule has 0 unspecified atom stereocenters. The Balaban J connectivity index is 1.37. The van der Waals surface area contributed by atoms with Crippen molar-refractivity contribution < 1.29 is 22.4 Å². The lowest BCUT2D eigenvalue weighted by molar-refractivity contribution is 0.0697. The summed E-state index contributed by atoms with van der Waals surface area (Å²) in [6, 6.07) is 3.02. The number of amides is 2. The van der Waals surface area contributed by atoms with E-state index in [4.69, 9.17) is 4.42 Å². The molecule has 0 aliphatic carbocycles. The van der Waals surface area contributed by atoms with Crippen LogP contribution in [0.3, 0.4) is 0 Å². The molecule has 168 valence electrons. The van der Waals surface area contributed by atoms with Gasteiger partial charge in [0.1, 0.15) is 16.9 Å². The Labute approximate surface area is 182 Å². The summed E-state index contributed by atoms with van der Waals surface area (Å²) in [5.41, 5.74) is 0.834. The molecule has 2 fully saturated rings. The van der Waals surface area contributed by atoms with Crippen LogP contribution in [0.15, 0.2) is 40.2 Å². The molecule has 1 N–H and O–H groups in total. The first-order valence-corrected chi connectivity index (χ1v) is 12.1. The van der Waals surface area contributed by atoms with Crippen LogP contribution in [0.4, 0.5) is 0 Å². The van der Waals surface area contributed by atoms with Crippen LogP contribution in [0.25, 0.3) is 0 Å². The van der Waals surface area contributed by atoms with Crippen LogP contribution < -0.4 is 5.32 Å². The van der Waals surface area contributed by atoms with Crippen molar-refractivity contribution in [1.29, 1.82) is 0 Å². The molecular formula is C21H28N4O5S. The van der Waals surface area contributed by atoms with Gasteiger partial charge in [0.05, 0.1) is 11.8 Å². The molecule has 2 saturated heterocycles. The number of hydrogen-bond acceptors (Lipinski definition) is 5. The summed E-state index contributed by atoms with van der Waals surface area (Å²) >= 11 is 0. The predicted octanol–water partition coefficient (Wildman–Crippen LogP) is 1.83. The van der Waals surface area contributed by atoms with E-state index < -0.39 is 10.0 Å². The summed E-state index contributed by atoms with van der Waals surface area (Å²) < 4.78 is 33.8. The fourth-order valence-corrected chi connectivity index (χ4v) is 5.80. The zero-order valence-electron chi connectivity index (χ0n) is 17.6. The number of sulfonamides is 1. The smallest absolute Gasteiger partial charge is 0.268 e. The van der Waals surface area contributed by atoms with Crippen LogP contribution >= 0.6 is 0 Å². The van der Waals surface area contributed by atoms with Crippen molar-refractivity contribution in [3.05, 3.63) is 42.1 Å². The Morgan fingerprint density at radius 2 is 1.81 bits per heavy atom. The number of furan rings is 1. The number of aromatic nitrogens is 1. The van der Waals surface area contributed by atoms with Crippen LogP contribution in [0.1, 0.15) is 53.0 Å². The number of likely N-dealkylation sites (tertiary alicyclic amines) is 1. The van der Waals surface area contributed by atoms with Crippen LogP contribution in [0.5, 0.6) is 0 Å². The molecule has 10 heteroatoms. The van der Waals surface area contributed by atoms with Crippen molar-refractivity contribution in [3.8, 4) is 0 Å². The summed E-state index contributed by atoms with van der Waals surface area (Å²) in [4.78, 5) is 27.1. The van der Waals surface area contributed by atoms with E-state index in [0.29, 0.717) is 50.3 Å². The third-order valence-electron chi connectivity index (χ3n) is 6.05. The molecule has 4 rings (SSSR count). The number of rotatable bonds is 5. The number of piperidine rings is 2. The van der Waals surface area contributed by atoms with Gasteiger partial charge in [0, 0.05) is 45.5 Å². The molecule has 9 nitrogen and oxygen atoms in total. The molecule has 0 spiro atoms. The lowest BCUT2D eigenvalue weighted by Gasteiger charge is -2.32. The van der Waals surface area contributed by atoms with E-state index in [0.717, 1.165) is 19.3 Å². The maximum Gasteiger partial charge on any atom is 0.268 e. The molecule has 0 radical (unpaired) electrons. The monoisotopic (exact) mass is 448 g/mol. The van der Waals surface area contributed by atoms with E-state index in [9.17, 15) is 18.0 Å². The number of nitrogens with one attached hydrogen (secondary N) is 1. The van der Waals surface area contributed by atoms with Gasteiger partial charge in [-0.2, -0.15) is 4.31 Å². The summed E-state index contributed by atoms with van der Waals surface area (Å²) in [5, 5.41) is 2.99. The molecule has 0 aromatic carbocycles. The van der Waals surface area contributed by atoms with Gasteiger partial charge in [-0.25, -0.2) is 8.42 Å². The molecule has 31 heavy (non-hydrogen) atoms. The second kappa shape index (κ2) is 8.88. The van der Waals surface area contributed by atoms with Gasteiger partial charge in [-0.05, 0) is 37.8 Å². The van der Waals surface area contributed by atoms with Crippen molar-refractivity contribution in [2.45, 2.75) is 43.0 Å². The van der Waals surface area contributed by atoms with E-state index >= 15 is 0 Å². The van der Waals surface area contributed by atoms with Gasteiger partial charge in [0.15, 0.2) is 0 Å². The van der Waals surface area contributed by atoms with Crippen molar-refractivity contribution in [3.63, 3.8) is 0 Å². The van der Waals surface area contributed by atoms with Gasteiger partial charge >= 0.3 is 0 Å². The maximum atomic E-state index is 12.9. The molecule has 0 atom stereocenters. The van der Waals surface area contributed by atoms with E-state index in [1.807, 2.05) is 0 Å². The second-order valence-electron chi connectivity index (χ2n) is 8.19. The Morgan fingerprint density at radius 3 is 2.45 bits per heavy atom. The summed E-state index contributed by atoms with van der Waals surface area (Å²) in [6.45, 7) is 2.12. The standard InChI is InChI=1S/C21H28N4O5S/c1-23-14-18(31(28,29)25-8-3-2-4-9-25)13-19(23)20(26)22-17-5-10-24(11-6-17)21(27)16-7-12-30-15-16/h7,12-15,17H,2-6,8-11H2,1H3,(H,22,26). The first-order valence-electron chi connectivity index (χ1n) is 10.6. The van der Waals surface area contributed by atoms with Crippen LogP contribution in [-0.4, -0.2) is 66.2 Å². The van der Waals surface area contributed by atoms with Gasteiger partial charge in [-0.1, -0.05) is 6.42 Å². The molecule has 0 bridgehead atoms. The predicted molar refractivity (Wildman–Crippen MR) is 113 cm³/mol. The lowest BCUT2D eigenvalue weighted by atomic mass is 10.0. The van der Waals surface area contributed by atoms with Crippen molar-refractivity contribution in [1.82, 2.24) is 19.1 Å². The Bertz CT molecular complexity index is 1030. The quantitative estimate of drug-likeness (QED) is 0.751. The molecule has 4 heterocycles. The minimum absolute atomic E-state index is 0.0713. The zero-order valence-corrected chi connectivity index (χ0v) is 18.4. The molecule has 2 aliphatic heterocycles. The molecule has 0 saturated carbocycles. The highest BCUT2D eigenvalue weighted by atomic mass is 32.2. The van der Waals surface area contributed by atoms with Crippen LogP contribution in [0.2, 0.25) is 0 Å². The highest BCUT2D eigenvalue weighted by molar-refractivity contribution is 7.89. The number of carbonyl (C=O) groups excluding carboxylic acids is 2. The SMILES string of the molecule is Cn1cc(S(=O)(=O)N2CCCCC2)cc1C(=O)NC1CCN(C(=O)c2ccoc2)CC1. The summed E-state index contributed by atoms with van der Waals surface area (Å²) in [6.07, 6.45) is 8.45. The Morgan fingerprint density at radius 1 is 1.10 bits per heavy atom. The number of hydrogen-bond donors (Lipinski definition) is 1. The third-order valence-corrected chi connectivity index (χ3v) is 7.91. The molecule has 2 aromatic heterocycles. The lowest BCUT2D eigenvalue weighted by Crippen LogP contribution is -2.46. The minimum Gasteiger partial charge on any atom is -0.472 e. The Hall–Kier alpha value is -2.59. The number of nitrogens with zero attached hydrogens (tertiary/aromatic N) is 3. The topological polar surface area (TPSA) is 105 Å². The number of carbonyl (C=O) groups is 2. The summed E-state index contributed by atoms with van der Waals surface area (Å²) in [5.74, 6) is -0.379. The van der Waals surface area contributed by atoms with Crippen LogP contribution in [-0.2, 0) is 17.1 Å². The molecule has 2 aromatic rings. The zero-order chi connectivity index (χ0) is 22.0. The average molecular weight is 449 g/mol. The van der Waals surface area contributed by atoms with Gasteiger partial charge in [-0.15, -0.1) is 0 Å².